The summed E-state index contributed by atoms with van der Waals surface area (Å²) in [7, 11) is 0. The fourth-order valence-electron chi connectivity index (χ4n) is 11.5. The summed E-state index contributed by atoms with van der Waals surface area (Å²) in [6.07, 6.45) is -24.5. The van der Waals surface area contributed by atoms with Crippen LogP contribution in [0.15, 0.2) is 78.9 Å². The predicted octanol–water partition coefficient (Wildman–Crippen LogP) is 2.18. The number of amides is 4. The van der Waals surface area contributed by atoms with Gasteiger partial charge in [0.25, 0.3) is 0 Å². The van der Waals surface area contributed by atoms with Crippen molar-refractivity contribution < 1.29 is 129 Å². The van der Waals surface area contributed by atoms with Crippen LogP contribution in [0.25, 0.3) is 11.1 Å². The molecule has 3 aromatic rings. The number of aliphatic carboxylic acids is 1. The van der Waals surface area contributed by atoms with Crippen LogP contribution in [0, 0.1) is 0 Å². The van der Waals surface area contributed by atoms with E-state index in [0.29, 0.717) is 10.5 Å². The number of carboxylic acid groups (broad SMARTS) is 1. The first-order valence-electron chi connectivity index (χ1n) is 28.9. The van der Waals surface area contributed by atoms with Gasteiger partial charge in [0.2, 0.25) is 17.7 Å². The number of hydrogen-bond donors (Lipinski definition) is 3. The number of hydrogen-bond acceptors (Lipinski definition) is 26. The van der Waals surface area contributed by atoms with E-state index in [-0.39, 0.29) is 13.2 Å². The first-order chi connectivity index (χ1) is 43.3. The second-order valence-electron chi connectivity index (χ2n) is 21.7. The number of imide groups is 1. The molecule has 492 valence electrons. The molecule has 0 radical (unpaired) electrons. The van der Waals surface area contributed by atoms with Crippen LogP contribution in [0.4, 0.5) is 4.79 Å². The maximum Gasteiger partial charge on any atom is 0.417 e. The van der Waals surface area contributed by atoms with Crippen LogP contribution < -0.4 is 10.6 Å². The van der Waals surface area contributed by atoms with Gasteiger partial charge in [0.1, 0.15) is 55.8 Å². The topological polar surface area (TPSA) is 374 Å². The second kappa shape index (κ2) is 30.5. The van der Waals surface area contributed by atoms with E-state index in [2.05, 4.69) is 10.6 Å². The molecule has 0 aromatic heterocycles. The Kier molecular flexibility index (Phi) is 23.0. The predicted molar refractivity (Wildman–Crippen MR) is 301 cm³/mol. The largest absolute Gasteiger partial charge is 0.480 e. The van der Waals surface area contributed by atoms with E-state index >= 15 is 0 Å². The maximum atomic E-state index is 14.2. The number of ether oxygens (including phenoxy) is 15. The van der Waals surface area contributed by atoms with Crippen LogP contribution >= 0.6 is 0 Å². The van der Waals surface area contributed by atoms with Crippen LogP contribution in [0.3, 0.4) is 0 Å². The number of fused-ring (bicyclic) bond motifs is 4. The van der Waals surface area contributed by atoms with Crippen molar-refractivity contribution in [2.24, 2.45) is 0 Å². The lowest BCUT2D eigenvalue weighted by Gasteiger charge is -2.50. The summed E-state index contributed by atoms with van der Waals surface area (Å²) in [4.78, 5) is 145. The van der Waals surface area contributed by atoms with E-state index < -0.39 is 196 Å². The van der Waals surface area contributed by atoms with Crippen molar-refractivity contribution >= 4 is 65.6 Å². The Bertz CT molecular complexity index is 3140. The van der Waals surface area contributed by atoms with E-state index in [4.69, 9.17) is 71.1 Å². The molecule has 3 aromatic carbocycles. The van der Waals surface area contributed by atoms with Crippen LogP contribution in [0.5, 0.6) is 0 Å². The van der Waals surface area contributed by atoms with Gasteiger partial charge in [0, 0.05) is 73.8 Å². The molecule has 4 fully saturated rings. The number of rotatable bonds is 22. The van der Waals surface area contributed by atoms with E-state index in [9.17, 15) is 57.8 Å². The molecular weight excluding hydrogens is 1210 g/mol. The van der Waals surface area contributed by atoms with E-state index in [1.165, 1.54) is 0 Å². The van der Waals surface area contributed by atoms with Crippen LogP contribution in [0.1, 0.15) is 91.2 Å². The lowest BCUT2D eigenvalue weighted by molar-refractivity contribution is -0.360. The normalized spacial score (nSPS) is 28.5. The van der Waals surface area contributed by atoms with Crippen molar-refractivity contribution in [3.05, 3.63) is 95.6 Å². The number of benzene rings is 3. The highest BCUT2D eigenvalue weighted by molar-refractivity contribution is 5.95. The van der Waals surface area contributed by atoms with E-state index in [1.54, 1.807) is 42.5 Å². The number of nitrogens with one attached hydrogen (secondary N) is 2. The van der Waals surface area contributed by atoms with Gasteiger partial charge in [-0.15, -0.1) is 0 Å². The molecule has 8 rings (SSSR count). The SMILES string of the molecule is CC(=O)N[C@H]1[C@@H](OC[C@@H](C(=O)O)N(C(C)=O)C(=O)OCC2c3ccccc3-c3ccccc32)O[C@H](CO[C@@H]2O[C@@H]3CO[C@@H](c4ccccc4)O[C@H]3[C@H](OC(C)=O)[C@H]2NC(C)=O)[C@H](OC(C)=O)[C@@H]1O[C@@H]1O[C@H](COC(C)=O)[C@H](OC(C)=O)[C@H](OC(C)=O)[C@H]1OC(C)=O. The van der Waals surface area contributed by atoms with Gasteiger partial charge in [0.15, 0.2) is 61.7 Å². The van der Waals surface area contributed by atoms with Crippen LogP contribution in [0.2, 0.25) is 0 Å². The molecule has 3 N–H and O–H groups in total. The summed E-state index contributed by atoms with van der Waals surface area (Å²) in [6.45, 7) is 5.91. The molecule has 1 aliphatic carbocycles. The first-order valence-corrected chi connectivity index (χ1v) is 28.9. The lowest BCUT2D eigenvalue weighted by atomic mass is 9.94. The van der Waals surface area contributed by atoms with Gasteiger partial charge in [-0.2, -0.15) is 0 Å². The Labute approximate surface area is 520 Å². The van der Waals surface area contributed by atoms with Crippen molar-refractivity contribution in [3.63, 3.8) is 0 Å². The van der Waals surface area contributed by atoms with Crippen molar-refractivity contribution in [1.82, 2.24) is 15.5 Å². The summed E-state index contributed by atoms with van der Waals surface area (Å²) in [5.74, 6) is -10.7. The second-order valence-corrected chi connectivity index (χ2v) is 21.7. The molecule has 4 amide bonds. The van der Waals surface area contributed by atoms with Crippen molar-refractivity contribution in [1.29, 1.82) is 0 Å². The Morgan fingerprint density at radius 2 is 1.01 bits per heavy atom. The molecular formula is C61H71N3O27. The van der Waals surface area contributed by atoms with Gasteiger partial charge < -0.3 is 86.8 Å². The molecule has 91 heavy (non-hydrogen) atoms. The summed E-state index contributed by atoms with van der Waals surface area (Å²) in [5.41, 5.74) is 3.95. The Morgan fingerprint density at radius 1 is 0.516 bits per heavy atom. The highest BCUT2D eigenvalue weighted by atomic mass is 16.8. The third kappa shape index (κ3) is 16.9. The third-order valence-electron chi connectivity index (χ3n) is 15.0. The van der Waals surface area contributed by atoms with Gasteiger partial charge >= 0.3 is 47.9 Å². The number of carboxylic acids is 1. The Morgan fingerprint density at radius 3 is 1.56 bits per heavy atom. The Hall–Kier alpha value is -8.49. The molecule has 4 saturated heterocycles. The molecule has 30 nitrogen and oxygen atoms in total. The summed E-state index contributed by atoms with van der Waals surface area (Å²) in [5, 5.41) is 16.1. The fourth-order valence-corrected chi connectivity index (χ4v) is 11.5. The van der Waals surface area contributed by atoms with Gasteiger partial charge in [-0.05, 0) is 22.3 Å². The molecule has 0 bridgehead atoms. The highest BCUT2D eigenvalue weighted by Gasteiger charge is 2.59. The average Bonchev–Trinajstić information content (AvgIpc) is 1.62. The minimum Gasteiger partial charge on any atom is -0.480 e. The third-order valence-corrected chi connectivity index (χ3v) is 15.0. The zero-order chi connectivity index (χ0) is 66.0. The fraction of sp³-hybridized carbons (Fsp3) is 0.525. The molecule has 0 saturated carbocycles. The van der Waals surface area contributed by atoms with Gasteiger partial charge in [-0.25, -0.2) is 14.5 Å². The standard InChI is InChI=1S/C61H71N3O27/c1-28(65)62-47-52(84-34(7)71)50-46(26-79-57(90-50)37-17-11-10-12-18-37)88-59(47)80-27-45-49(82-32(5)69)53(91-60-55(86-36(9)73)54(85-35(8)72)51(83-33(6)70)44(89-60)25-77-31(4)68)48(63-29(2)66)58(87-45)78-24-43(56(74)75)64(30(3)67)61(76)81-23-42-40-21-15-13-19-38(40)39-20-14-16-22-41(39)42/h10-22,42-55,57-60H,23-27H2,1-9H3,(H,62,65)(H,63,66)(H,74,75)/t43-,44+,45+,46+,47+,48+,49-,50+,51-,52+,53+,54-,55+,57+,58-,59+,60-/m0/s1. The van der Waals surface area contributed by atoms with E-state index in [1.807, 2.05) is 36.4 Å². The molecule has 4 aliphatic heterocycles. The van der Waals surface area contributed by atoms with E-state index in [0.717, 1.165) is 84.6 Å². The van der Waals surface area contributed by atoms with Crippen LogP contribution in [-0.4, -0.2) is 207 Å². The quantitative estimate of drug-likeness (QED) is 0.0958. The number of carbonyl (C=O) groups is 11. The molecule has 0 unspecified atom stereocenters. The summed E-state index contributed by atoms with van der Waals surface area (Å²) >= 11 is 0. The molecule has 17 atom stereocenters. The lowest BCUT2D eigenvalue weighted by Crippen LogP contribution is -2.70. The minimum absolute atomic E-state index is 0.192. The van der Waals surface area contributed by atoms with Gasteiger partial charge in [-0.1, -0.05) is 78.9 Å². The van der Waals surface area contributed by atoms with Crippen molar-refractivity contribution in [3.8, 4) is 11.1 Å². The first kappa shape index (κ1) is 68.4. The van der Waals surface area contributed by atoms with Crippen molar-refractivity contribution in [2.75, 3.05) is 33.0 Å². The minimum atomic E-state index is -2.23. The molecule has 4 heterocycles. The average molecular weight is 1280 g/mol. The van der Waals surface area contributed by atoms with Gasteiger partial charge in [-0.3, -0.25) is 43.2 Å². The zero-order valence-corrected chi connectivity index (χ0v) is 50.9. The number of nitrogens with zero attached hydrogens (tertiary/aromatic N) is 1. The van der Waals surface area contributed by atoms with Crippen LogP contribution in [-0.2, 0) is 119 Å². The van der Waals surface area contributed by atoms with Crippen molar-refractivity contribution in [2.45, 2.75) is 173 Å². The zero-order valence-electron chi connectivity index (χ0n) is 50.9. The maximum absolute atomic E-state index is 14.2. The van der Waals surface area contributed by atoms with Gasteiger partial charge in [0.05, 0.1) is 19.8 Å². The molecule has 0 spiro atoms. The molecule has 5 aliphatic rings. The number of esters is 6. The Balaban J connectivity index is 1.18. The monoisotopic (exact) mass is 1280 g/mol. The summed E-state index contributed by atoms with van der Waals surface area (Å²) in [6, 6.07) is 18.1. The smallest absolute Gasteiger partial charge is 0.417 e. The number of carbonyl (C=O) groups excluding carboxylic acids is 10. The highest BCUT2D eigenvalue weighted by Crippen LogP contribution is 2.45. The summed E-state index contributed by atoms with van der Waals surface area (Å²) < 4.78 is 90.6. The molecule has 30 heteroatoms.